The van der Waals surface area contributed by atoms with E-state index in [1.807, 2.05) is 0 Å². The maximum atomic E-state index is 5.85. The third-order valence-electron chi connectivity index (χ3n) is 2.47. The van der Waals surface area contributed by atoms with Crippen LogP contribution >= 0.6 is 0 Å². The summed E-state index contributed by atoms with van der Waals surface area (Å²) in [4.78, 5) is 0. The Morgan fingerprint density at radius 1 is 1.50 bits per heavy atom. The average molecular weight is 170 g/mol. The number of nitrogens with one attached hydrogen (secondary N) is 1. The predicted octanol–water partition coefficient (Wildman–Crippen LogP) is 1.36. The molecular weight excluding hydrogens is 148 g/mol. The van der Waals surface area contributed by atoms with Crippen LogP contribution in [0.3, 0.4) is 0 Å². The molecule has 72 valence electrons. The van der Waals surface area contributed by atoms with Crippen molar-refractivity contribution >= 4 is 0 Å². The standard InChI is InChI=1S/C10H22N2/c1-8(9-4-5-9)6-12-7-10(2,3)11/h8-9,12H,4-7,11H2,1-3H3. The van der Waals surface area contributed by atoms with E-state index < -0.39 is 0 Å². The molecule has 0 bridgehead atoms. The first-order valence-corrected chi connectivity index (χ1v) is 4.98. The Kier molecular flexibility index (Phi) is 3.13. The summed E-state index contributed by atoms with van der Waals surface area (Å²) in [6.45, 7) is 8.49. The molecule has 0 saturated heterocycles. The van der Waals surface area contributed by atoms with Gasteiger partial charge in [0.05, 0.1) is 0 Å². The smallest absolute Gasteiger partial charge is 0.0223 e. The van der Waals surface area contributed by atoms with Gasteiger partial charge in [-0.05, 0) is 45.1 Å². The molecule has 0 heterocycles. The summed E-state index contributed by atoms with van der Waals surface area (Å²) in [5.74, 6) is 1.84. The first kappa shape index (κ1) is 10.0. The van der Waals surface area contributed by atoms with Crippen LogP contribution in [0.15, 0.2) is 0 Å². The first-order valence-electron chi connectivity index (χ1n) is 4.98. The van der Waals surface area contributed by atoms with Crippen molar-refractivity contribution in [3.05, 3.63) is 0 Å². The predicted molar refractivity (Wildman–Crippen MR) is 53.0 cm³/mol. The molecule has 0 amide bonds. The van der Waals surface area contributed by atoms with Gasteiger partial charge < -0.3 is 11.1 Å². The van der Waals surface area contributed by atoms with Crippen LogP contribution in [0.1, 0.15) is 33.6 Å². The van der Waals surface area contributed by atoms with Crippen LogP contribution in [0.25, 0.3) is 0 Å². The monoisotopic (exact) mass is 170 g/mol. The lowest BCUT2D eigenvalue weighted by atomic mass is 10.0. The van der Waals surface area contributed by atoms with Gasteiger partial charge in [-0.2, -0.15) is 0 Å². The summed E-state index contributed by atoms with van der Waals surface area (Å²) in [5.41, 5.74) is 5.78. The van der Waals surface area contributed by atoms with E-state index in [9.17, 15) is 0 Å². The fourth-order valence-electron chi connectivity index (χ4n) is 1.45. The highest BCUT2D eigenvalue weighted by molar-refractivity contribution is 4.81. The zero-order chi connectivity index (χ0) is 9.19. The van der Waals surface area contributed by atoms with Gasteiger partial charge in [0.1, 0.15) is 0 Å². The van der Waals surface area contributed by atoms with E-state index in [0.717, 1.165) is 24.9 Å². The maximum Gasteiger partial charge on any atom is 0.0223 e. The summed E-state index contributed by atoms with van der Waals surface area (Å²) in [7, 11) is 0. The van der Waals surface area contributed by atoms with Gasteiger partial charge in [-0.1, -0.05) is 6.92 Å². The Morgan fingerprint density at radius 3 is 2.50 bits per heavy atom. The minimum absolute atomic E-state index is 0.0662. The van der Waals surface area contributed by atoms with E-state index in [1.54, 1.807) is 0 Å². The zero-order valence-corrected chi connectivity index (χ0v) is 8.56. The van der Waals surface area contributed by atoms with E-state index >= 15 is 0 Å². The normalized spacial score (nSPS) is 21.0. The summed E-state index contributed by atoms with van der Waals surface area (Å²) < 4.78 is 0. The van der Waals surface area contributed by atoms with E-state index in [4.69, 9.17) is 5.73 Å². The number of rotatable bonds is 5. The quantitative estimate of drug-likeness (QED) is 0.654. The Bertz CT molecular complexity index is 133. The molecule has 12 heavy (non-hydrogen) atoms. The van der Waals surface area contributed by atoms with Gasteiger partial charge in [-0.25, -0.2) is 0 Å². The van der Waals surface area contributed by atoms with Crippen molar-refractivity contribution in [1.29, 1.82) is 0 Å². The number of hydrogen-bond acceptors (Lipinski definition) is 2. The van der Waals surface area contributed by atoms with E-state index in [1.165, 1.54) is 12.8 Å². The Labute approximate surface area is 75.9 Å². The second-order valence-electron chi connectivity index (χ2n) is 4.93. The SMILES string of the molecule is CC(CNCC(C)(C)N)C1CC1. The van der Waals surface area contributed by atoms with Crippen LogP contribution in [-0.4, -0.2) is 18.6 Å². The van der Waals surface area contributed by atoms with E-state index in [-0.39, 0.29) is 5.54 Å². The van der Waals surface area contributed by atoms with Crippen molar-refractivity contribution in [3.8, 4) is 0 Å². The van der Waals surface area contributed by atoms with Crippen molar-refractivity contribution in [1.82, 2.24) is 5.32 Å². The Balaban J connectivity index is 2.01. The van der Waals surface area contributed by atoms with Gasteiger partial charge in [0.25, 0.3) is 0 Å². The summed E-state index contributed by atoms with van der Waals surface area (Å²) in [6, 6.07) is 0. The molecule has 1 aliphatic carbocycles. The largest absolute Gasteiger partial charge is 0.324 e. The topological polar surface area (TPSA) is 38.0 Å². The second kappa shape index (κ2) is 3.75. The highest BCUT2D eigenvalue weighted by atomic mass is 14.9. The van der Waals surface area contributed by atoms with Crippen LogP contribution in [-0.2, 0) is 0 Å². The van der Waals surface area contributed by atoms with E-state index in [0.29, 0.717) is 0 Å². The second-order valence-corrected chi connectivity index (χ2v) is 4.93. The first-order chi connectivity index (χ1) is 5.49. The molecule has 0 aromatic heterocycles. The van der Waals surface area contributed by atoms with Gasteiger partial charge in [-0.3, -0.25) is 0 Å². The molecule has 1 aliphatic rings. The molecule has 0 aromatic carbocycles. The highest BCUT2D eigenvalue weighted by Gasteiger charge is 2.27. The Morgan fingerprint density at radius 2 is 2.08 bits per heavy atom. The Hall–Kier alpha value is -0.0800. The minimum Gasteiger partial charge on any atom is -0.324 e. The molecule has 1 unspecified atom stereocenters. The summed E-state index contributed by atoms with van der Waals surface area (Å²) in [5, 5.41) is 3.42. The number of hydrogen-bond donors (Lipinski definition) is 2. The van der Waals surface area contributed by atoms with Gasteiger partial charge in [0.2, 0.25) is 0 Å². The van der Waals surface area contributed by atoms with Crippen LogP contribution in [0.5, 0.6) is 0 Å². The maximum absolute atomic E-state index is 5.85. The van der Waals surface area contributed by atoms with Crippen LogP contribution < -0.4 is 11.1 Å². The highest BCUT2D eigenvalue weighted by Crippen LogP contribution is 2.35. The fraction of sp³-hybridized carbons (Fsp3) is 1.00. The summed E-state index contributed by atoms with van der Waals surface area (Å²) >= 11 is 0. The van der Waals surface area contributed by atoms with Gasteiger partial charge in [-0.15, -0.1) is 0 Å². The molecule has 2 nitrogen and oxygen atoms in total. The molecule has 0 aliphatic heterocycles. The lowest BCUT2D eigenvalue weighted by Crippen LogP contribution is -2.44. The lowest BCUT2D eigenvalue weighted by molar-refractivity contribution is 0.409. The van der Waals surface area contributed by atoms with Gasteiger partial charge in [0.15, 0.2) is 0 Å². The molecule has 0 aromatic rings. The van der Waals surface area contributed by atoms with Gasteiger partial charge >= 0.3 is 0 Å². The van der Waals surface area contributed by atoms with E-state index in [2.05, 4.69) is 26.1 Å². The molecule has 1 saturated carbocycles. The summed E-state index contributed by atoms with van der Waals surface area (Å²) in [6.07, 6.45) is 2.88. The molecular formula is C10H22N2. The third-order valence-corrected chi connectivity index (χ3v) is 2.47. The number of nitrogens with two attached hydrogens (primary N) is 1. The van der Waals surface area contributed by atoms with Crippen LogP contribution in [0.4, 0.5) is 0 Å². The molecule has 0 spiro atoms. The van der Waals surface area contributed by atoms with Crippen molar-refractivity contribution in [2.75, 3.05) is 13.1 Å². The third kappa shape index (κ3) is 4.07. The van der Waals surface area contributed by atoms with Crippen molar-refractivity contribution in [3.63, 3.8) is 0 Å². The van der Waals surface area contributed by atoms with Crippen molar-refractivity contribution in [2.24, 2.45) is 17.6 Å². The van der Waals surface area contributed by atoms with Gasteiger partial charge in [0, 0.05) is 12.1 Å². The molecule has 0 radical (unpaired) electrons. The lowest BCUT2D eigenvalue weighted by Gasteiger charge is -2.20. The van der Waals surface area contributed by atoms with Crippen LogP contribution in [0.2, 0.25) is 0 Å². The van der Waals surface area contributed by atoms with Crippen molar-refractivity contribution in [2.45, 2.75) is 39.2 Å². The molecule has 3 N–H and O–H groups in total. The van der Waals surface area contributed by atoms with Crippen LogP contribution in [0, 0.1) is 11.8 Å². The average Bonchev–Trinajstić information content (AvgIpc) is 2.64. The molecule has 1 rings (SSSR count). The minimum atomic E-state index is -0.0662. The van der Waals surface area contributed by atoms with Crippen molar-refractivity contribution < 1.29 is 0 Å². The fourth-order valence-corrected chi connectivity index (χ4v) is 1.45. The molecule has 2 heteroatoms. The molecule has 1 fully saturated rings. The zero-order valence-electron chi connectivity index (χ0n) is 8.56. The molecule has 1 atom stereocenters.